The zero-order valence-corrected chi connectivity index (χ0v) is 11.2. The summed E-state index contributed by atoms with van der Waals surface area (Å²) < 4.78 is 10.6. The first-order valence-corrected chi connectivity index (χ1v) is 6.53. The van der Waals surface area contributed by atoms with Crippen LogP contribution >= 0.6 is 0 Å². The molecule has 0 aromatic heterocycles. The van der Waals surface area contributed by atoms with Crippen LogP contribution in [-0.2, 0) is 16.1 Å². The van der Waals surface area contributed by atoms with Crippen molar-refractivity contribution in [2.75, 3.05) is 20.4 Å². The number of fused-ring (bicyclic) bond motifs is 1. The average molecular weight is 276 g/mol. The van der Waals surface area contributed by atoms with E-state index in [2.05, 4.69) is 5.32 Å². The summed E-state index contributed by atoms with van der Waals surface area (Å²) >= 11 is 0. The number of carbonyl (C=O) groups excluding carboxylic acids is 2. The molecule has 2 aliphatic rings. The summed E-state index contributed by atoms with van der Waals surface area (Å²) in [4.78, 5) is 25.0. The highest BCUT2D eigenvalue weighted by molar-refractivity contribution is 5.89. The van der Waals surface area contributed by atoms with E-state index in [0.29, 0.717) is 18.8 Å². The molecule has 2 aliphatic heterocycles. The molecular formula is C14H16N2O4. The number of rotatable bonds is 3. The second-order valence-electron chi connectivity index (χ2n) is 5.09. The van der Waals surface area contributed by atoms with E-state index in [4.69, 9.17) is 9.47 Å². The lowest BCUT2D eigenvalue weighted by molar-refractivity contribution is -0.135. The third-order valence-electron chi connectivity index (χ3n) is 3.56. The lowest BCUT2D eigenvalue weighted by Crippen LogP contribution is -2.33. The fourth-order valence-corrected chi connectivity index (χ4v) is 2.48. The van der Waals surface area contributed by atoms with Crippen LogP contribution in [0.5, 0.6) is 11.5 Å². The van der Waals surface area contributed by atoms with Crippen LogP contribution in [0, 0.1) is 5.92 Å². The van der Waals surface area contributed by atoms with Crippen molar-refractivity contribution in [3.05, 3.63) is 23.8 Å². The Balaban J connectivity index is 1.65. The molecule has 20 heavy (non-hydrogen) atoms. The number of carbonyl (C=O) groups is 2. The molecule has 3 rings (SSSR count). The molecule has 0 bridgehead atoms. The highest BCUT2D eigenvalue weighted by atomic mass is 16.7. The molecule has 106 valence electrons. The maximum atomic E-state index is 12.2. The van der Waals surface area contributed by atoms with Gasteiger partial charge in [-0.05, 0) is 17.7 Å². The SMILES string of the molecule is CN(Cc1ccc2c(c1)OCO2)C(=O)C1CNC(=O)C1. The number of benzene rings is 1. The highest BCUT2D eigenvalue weighted by Crippen LogP contribution is 2.32. The van der Waals surface area contributed by atoms with Crippen LogP contribution in [0.25, 0.3) is 0 Å². The van der Waals surface area contributed by atoms with E-state index in [9.17, 15) is 9.59 Å². The molecule has 0 aliphatic carbocycles. The molecule has 0 radical (unpaired) electrons. The Labute approximate surface area is 116 Å². The molecule has 0 saturated carbocycles. The number of hydrogen-bond donors (Lipinski definition) is 1. The summed E-state index contributed by atoms with van der Waals surface area (Å²) in [6.45, 7) is 1.16. The van der Waals surface area contributed by atoms with Crippen LogP contribution < -0.4 is 14.8 Å². The van der Waals surface area contributed by atoms with E-state index >= 15 is 0 Å². The number of ether oxygens (including phenoxy) is 2. The van der Waals surface area contributed by atoms with Crippen LogP contribution in [-0.4, -0.2) is 37.1 Å². The van der Waals surface area contributed by atoms with Gasteiger partial charge in [-0.15, -0.1) is 0 Å². The Morgan fingerprint density at radius 1 is 1.40 bits per heavy atom. The molecule has 6 nitrogen and oxygen atoms in total. The van der Waals surface area contributed by atoms with Gasteiger partial charge < -0.3 is 19.7 Å². The minimum Gasteiger partial charge on any atom is -0.454 e. The van der Waals surface area contributed by atoms with Gasteiger partial charge in [0, 0.05) is 26.6 Å². The molecule has 1 saturated heterocycles. The van der Waals surface area contributed by atoms with Crippen LogP contribution in [0.4, 0.5) is 0 Å². The Morgan fingerprint density at radius 2 is 2.20 bits per heavy atom. The smallest absolute Gasteiger partial charge is 0.231 e. The minimum atomic E-state index is -0.249. The predicted molar refractivity (Wildman–Crippen MR) is 70.2 cm³/mol. The first-order chi connectivity index (χ1) is 9.63. The molecule has 2 amide bonds. The van der Waals surface area contributed by atoms with E-state index in [1.54, 1.807) is 11.9 Å². The highest BCUT2D eigenvalue weighted by Gasteiger charge is 2.30. The minimum absolute atomic E-state index is 0.0129. The zero-order chi connectivity index (χ0) is 14.1. The average Bonchev–Trinajstić information content (AvgIpc) is 3.05. The molecule has 6 heteroatoms. The maximum absolute atomic E-state index is 12.2. The number of amides is 2. The Morgan fingerprint density at radius 3 is 2.95 bits per heavy atom. The van der Waals surface area contributed by atoms with E-state index in [1.165, 1.54) is 0 Å². The van der Waals surface area contributed by atoms with Crippen LogP contribution in [0.1, 0.15) is 12.0 Å². The topological polar surface area (TPSA) is 67.9 Å². The Kier molecular flexibility index (Phi) is 3.22. The van der Waals surface area contributed by atoms with E-state index < -0.39 is 0 Å². The van der Waals surface area contributed by atoms with Crippen molar-refractivity contribution < 1.29 is 19.1 Å². The third-order valence-corrected chi connectivity index (χ3v) is 3.56. The normalized spacial score (nSPS) is 19.9. The van der Waals surface area contributed by atoms with Gasteiger partial charge in [-0.3, -0.25) is 9.59 Å². The maximum Gasteiger partial charge on any atom is 0.231 e. The summed E-state index contributed by atoms with van der Waals surface area (Å²) in [5.74, 6) is 1.12. The fourth-order valence-electron chi connectivity index (χ4n) is 2.48. The molecule has 0 spiro atoms. The summed E-state index contributed by atoms with van der Waals surface area (Å²) in [7, 11) is 1.75. The number of nitrogens with one attached hydrogen (secondary N) is 1. The molecule has 1 fully saturated rings. The number of nitrogens with zero attached hydrogens (tertiary/aromatic N) is 1. The van der Waals surface area contributed by atoms with Crippen LogP contribution in [0.3, 0.4) is 0 Å². The van der Waals surface area contributed by atoms with E-state index in [0.717, 1.165) is 11.3 Å². The fraction of sp³-hybridized carbons (Fsp3) is 0.429. The lowest BCUT2D eigenvalue weighted by Gasteiger charge is -2.20. The van der Waals surface area contributed by atoms with Gasteiger partial charge in [0.15, 0.2) is 11.5 Å². The van der Waals surface area contributed by atoms with Gasteiger partial charge in [0.1, 0.15) is 0 Å². The molecule has 1 unspecified atom stereocenters. The molecule has 2 heterocycles. The summed E-state index contributed by atoms with van der Waals surface area (Å²) in [5, 5.41) is 2.68. The van der Waals surface area contributed by atoms with Crippen LogP contribution in [0.2, 0.25) is 0 Å². The number of hydrogen-bond acceptors (Lipinski definition) is 4. The van der Waals surface area contributed by atoms with Gasteiger partial charge in [-0.2, -0.15) is 0 Å². The summed E-state index contributed by atoms with van der Waals surface area (Å²) in [6.07, 6.45) is 0.282. The predicted octanol–water partition coefficient (Wildman–Crippen LogP) is 0.510. The molecule has 1 N–H and O–H groups in total. The monoisotopic (exact) mass is 276 g/mol. The van der Waals surface area contributed by atoms with Crippen molar-refractivity contribution in [3.8, 4) is 11.5 Å². The standard InChI is InChI=1S/C14H16N2O4/c1-16(14(18)10-5-13(17)15-6-10)7-9-2-3-11-12(4-9)20-8-19-11/h2-4,10H,5-8H2,1H3,(H,15,17). The van der Waals surface area contributed by atoms with Crippen molar-refractivity contribution in [2.24, 2.45) is 5.92 Å². The first-order valence-electron chi connectivity index (χ1n) is 6.53. The van der Waals surface area contributed by atoms with Gasteiger partial charge in [-0.25, -0.2) is 0 Å². The second kappa shape index (κ2) is 5.03. The Bertz CT molecular complexity index is 558. The van der Waals surface area contributed by atoms with Crippen molar-refractivity contribution in [1.82, 2.24) is 10.2 Å². The van der Waals surface area contributed by atoms with E-state index in [1.807, 2.05) is 18.2 Å². The Hall–Kier alpha value is -2.24. The second-order valence-corrected chi connectivity index (χ2v) is 5.09. The quantitative estimate of drug-likeness (QED) is 0.873. The van der Waals surface area contributed by atoms with Crippen molar-refractivity contribution in [1.29, 1.82) is 0 Å². The van der Waals surface area contributed by atoms with Gasteiger partial charge >= 0.3 is 0 Å². The van der Waals surface area contributed by atoms with E-state index in [-0.39, 0.29) is 30.9 Å². The van der Waals surface area contributed by atoms with Crippen molar-refractivity contribution >= 4 is 11.8 Å². The van der Waals surface area contributed by atoms with Gasteiger partial charge in [0.05, 0.1) is 5.92 Å². The molecule has 1 atom stereocenters. The molecule has 1 aromatic rings. The van der Waals surface area contributed by atoms with Gasteiger partial charge in [0.2, 0.25) is 18.6 Å². The lowest BCUT2D eigenvalue weighted by atomic mass is 10.1. The summed E-state index contributed by atoms with van der Waals surface area (Å²) in [5.41, 5.74) is 0.974. The first kappa shape index (κ1) is 12.8. The van der Waals surface area contributed by atoms with Crippen LogP contribution in [0.15, 0.2) is 18.2 Å². The molecule has 1 aromatic carbocycles. The van der Waals surface area contributed by atoms with Gasteiger partial charge in [0.25, 0.3) is 0 Å². The zero-order valence-electron chi connectivity index (χ0n) is 11.2. The largest absolute Gasteiger partial charge is 0.454 e. The summed E-state index contributed by atoms with van der Waals surface area (Å²) in [6, 6.07) is 5.64. The molecular weight excluding hydrogens is 260 g/mol. The van der Waals surface area contributed by atoms with Crippen molar-refractivity contribution in [3.63, 3.8) is 0 Å². The van der Waals surface area contributed by atoms with Gasteiger partial charge in [-0.1, -0.05) is 6.07 Å². The van der Waals surface area contributed by atoms with Crippen molar-refractivity contribution in [2.45, 2.75) is 13.0 Å². The third kappa shape index (κ3) is 2.41.